The van der Waals surface area contributed by atoms with Gasteiger partial charge in [0.25, 0.3) is 10.0 Å². The monoisotopic (exact) mass is 1220 g/mol. The normalized spacial score (nSPS) is 19.5. The maximum atomic E-state index is 11.6. The molecule has 2 aliphatic heterocycles. The Morgan fingerprint density at radius 3 is 2.22 bits per heavy atom. The predicted octanol–water partition coefficient (Wildman–Crippen LogP) is 17.9. The lowest BCUT2D eigenvalue weighted by Crippen LogP contribution is -2.37. The molecule has 1 N–H and O–H groups in total. The first-order valence-electron chi connectivity index (χ1n) is 26.8. The zero-order valence-electron chi connectivity index (χ0n) is 46.8. The molecule has 0 amide bonds. The zero-order valence-corrected chi connectivity index (χ0v) is 54.0. The molecule has 4 aromatic carbocycles. The second-order valence-corrected chi connectivity index (χ2v) is 29.9. The number of sulfonamides is 1. The maximum Gasteiger partial charge on any atom is 0.262 e. The van der Waals surface area contributed by atoms with Crippen LogP contribution in [0.2, 0.25) is 10.0 Å². The smallest absolute Gasteiger partial charge is 0.262 e. The van der Waals surface area contributed by atoms with E-state index in [0.717, 1.165) is 55.2 Å². The van der Waals surface area contributed by atoms with E-state index in [1.165, 1.54) is 112 Å². The number of nitrogens with zero attached hydrogens (tertiary/aromatic N) is 4. The third-order valence-corrected chi connectivity index (χ3v) is 22.0. The van der Waals surface area contributed by atoms with E-state index in [4.69, 9.17) is 23.2 Å². The first-order valence-corrected chi connectivity index (χ1v) is 35.1. The molecule has 0 bridgehead atoms. The fourth-order valence-electron chi connectivity index (χ4n) is 10.6. The summed E-state index contributed by atoms with van der Waals surface area (Å²) in [5.74, 6) is 0.674. The van der Waals surface area contributed by atoms with Gasteiger partial charge in [0.2, 0.25) is 21.1 Å². The lowest BCUT2D eigenvalue weighted by atomic mass is 9.72. The molecule has 10 rings (SSSR count). The lowest BCUT2D eigenvalue weighted by Gasteiger charge is -2.34. The van der Waals surface area contributed by atoms with Crippen LogP contribution in [0.3, 0.4) is 0 Å². The van der Waals surface area contributed by atoms with Crippen molar-refractivity contribution in [3.05, 3.63) is 173 Å². The highest BCUT2D eigenvalue weighted by Gasteiger charge is 2.31. The van der Waals surface area contributed by atoms with E-state index in [-0.39, 0.29) is 5.41 Å². The van der Waals surface area contributed by atoms with Crippen molar-refractivity contribution in [1.29, 1.82) is 0 Å². The van der Waals surface area contributed by atoms with Crippen LogP contribution in [0.25, 0.3) is 32.6 Å². The molecule has 79 heavy (non-hydrogen) atoms. The zero-order chi connectivity index (χ0) is 56.2. The topological polar surface area (TPSA) is 60.4 Å². The second-order valence-electron chi connectivity index (χ2n) is 21.2. The molecule has 4 aliphatic rings. The molecule has 0 saturated heterocycles. The van der Waals surface area contributed by atoms with Crippen LogP contribution in [0.5, 0.6) is 0 Å². The van der Waals surface area contributed by atoms with E-state index >= 15 is 0 Å². The van der Waals surface area contributed by atoms with Gasteiger partial charge in [-0.15, -0.1) is 23.5 Å². The van der Waals surface area contributed by atoms with Crippen LogP contribution in [0, 0.1) is 11.3 Å². The number of halogens is 2. The van der Waals surface area contributed by atoms with Gasteiger partial charge in [-0.25, -0.2) is 13.1 Å². The number of benzene rings is 4. The number of aromatic nitrogens is 2. The van der Waals surface area contributed by atoms with Crippen LogP contribution < -0.4 is 23.7 Å². The molecular weight excluding hydrogens is 1150 g/mol. The highest BCUT2D eigenvalue weighted by atomic mass is 35.5. The summed E-state index contributed by atoms with van der Waals surface area (Å²) in [7, 11) is 1.02. The van der Waals surface area contributed by atoms with Crippen molar-refractivity contribution in [3.8, 4) is 0 Å². The summed E-state index contributed by atoms with van der Waals surface area (Å²) >= 11 is 23.2. The van der Waals surface area contributed by atoms with E-state index in [1.807, 2.05) is 47.8 Å². The van der Waals surface area contributed by atoms with Gasteiger partial charge in [0.1, 0.15) is 16.4 Å². The van der Waals surface area contributed by atoms with Gasteiger partial charge in [0.15, 0.2) is 6.54 Å². The Hall–Kier alpha value is -3.93. The lowest BCUT2D eigenvalue weighted by molar-refractivity contribution is -0.669. The number of rotatable bonds is 15. The highest BCUT2D eigenvalue weighted by Crippen LogP contribution is 2.50. The molecule has 16 heteroatoms. The number of nitrogens with one attached hydrogen (secondary N) is 1. The molecule has 1 atom stereocenters. The van der Waals surface area contributed by atoms with Crippen molar-refractivity contribution in [3.63, 3.8) is 0 Å². The van der Waals surface area contributed by atoms with Crippen molar-refractivity contribution in [2.45, 2.75) is 99.3 Å². The van der Waals surface area contributed by atoms with Gasteiger partial charge in [-0.2, -0.15) is 9.13 Å². The fourth-order valence-corrected chi connectivity index (χ4v) is 16.7. The average molecular weight is 1230 g/mol. The van der Waals surface area contributed by atoms with E-state index in [2.05, 4.69) is 188 Å². The molecule has 7 nitrogen and oxygen atoms in total. The molecule has 4 heterocycles. The van der Waals surface area contributed by atoms with Crippen molar-refractivity contribution >= 4 is 147 Å². The van der Waals surface area contributed by atoms with Crippen LogP contribution in [-0.2, 0) is 23.6 Å². The van der Waals surface area contributed by atoms with Crippen LogP contribution in [0.4, 0.5) is 11.4 Å². The maximum absolute atomic E-state index is 11.6. The second kappa shape index (κ2) is 26.1. The van der Waals surface area contributed by atoms with E-state index < -0.39 is 10.0 Å². The van der Waals surface area contributed by atoms with Gasteiger partial charge in [-0.05, 0) is 164 Å². The molecule has 0 radical (unpaired) electrons. The first kappa shape index (κ1) is 59.7. The molecule has 0 spiro atoms. The molecule has 0 fully saturated rings. The molecule has 2 aromatic heterocycles. The molecule has 414 valence electrons. The number of thioether (sulfide) groups is 4. The molecular formula is C63H71Cl2N5O2S7+2. The van der Waals surface area contributed by atoms with E-state index in [9.17, 15) is 8.42 Å². The van der Waals surface area contributed by atoms with Crippen LogP contribution in [0.15, 0.2) is 173 Å². The van der Waals surface area contributed by atoms with Crippen molar-refractivity contribution in [1.82, 2.24) is 4.72 Å². The highest BCUT2D eigenvalue weighted by molar-refractivity contribution is 8.04. The summed E-state index contributed by atoms with van der Waals surface area (Å²) in [5, 5.41) is 6.50. The Kier molecular flexibility index (Phi) is 19.7. The van der Waals surface area contributed by atoms with E-state index in [1.54, 1.807) is 46.2 Å². The van der Waals surface area contributed by atoms with Gasteiger partial charge in [-0.3, -0.25) is 0 Å². The van der Waals surface area contributed by atoms with Crippen LogP contribution in [0.1, 0.15) is 83.2 Å². The van der Waals surface area contributed by atoms with Gasteiger partial charge >= 0.3 is 0 Å². The standard InChI is InChI=1S/C35H44N3O2S5.C28H27Cl2N2S2/c1-8-37-29-20-27(41-5)13-15-31(29)44-34(37)19-26-23-35(3,4)22-25(24(26)2)11-9-12-33-38(18-10-17-36-45(7,39)40)30-21-28(42-6)14-16-32(30)43-33;1-4-18-12-19(6-5-7-27-31(2)23-16-21(29)8-10-25(23)33-27)14-20(13-18)15-28-32(3)24-17-22(30)9-11-26(24)34-28/h9,11-16,19-21,36H,8,10,17-18,22-23H2,1-7H3;5-11,14-18H,4,12-13H2,1-3H3/q2*+1. The fraction of sp³-hybridized carbons (Fsp3) is 0.333. The summed E-state index contributed by atoms with van der Waals surface area (Å²) in [6.45, 7) is 13.7. The first-order chi connectivity index (χ1) is 37.8. The van der Waals surface area contributed by atoms with Crippen LogP contribution >= 0.6 is 92.9 Å². The minimum absolute atomic E-state index is 0.170. The third-order valence-electron chi connectivity index (χ3n) is 14.8. The summed E-state index contributed by atoms with van der Waals surface area (Å²) in [5.41, 5.74) is 12.0. The summed E-state index contributed by atoms with van der Waals surface area (Å²) in [6, 6.07) is 25.6. The Morgan fingerprint density at radius 1 is 0.797 bits per heavy atom. The average Bonchev–Trinajstić information content (AvgIpc) is 4.27. The Morgan fingerprint density at radius 2 is 1.46 bits per heavy atom. The minimum Gasteiger partial charge on any atom is -0.338 e. The molecule has 6 aromatic rings. The van der Waals surface area contributed by atoms with Gasteiger partial charge in [0, 0.05) is 80.5 Å². The van der Waals surface area contributed by atoms with Crippen molar-refractivity contribution < 1.29 is 17.6 Å². The number of hydrogen-bond acceptors (Lipinski definition) is 10. The molecule has 1 unspecified atom stereocenters. The Balaban J connectivity index is 0.000000199. The number of allylic oxidation sites excluding steroid dienone is 12. The number of thiazole rings is 2. The van der Waals surface area contributed by atoms with Gasteiger partial charge in [0.05, 0.1) is 27.7 Å². The van der Waals surface area contributed by atoms with Gasteiger partial charge < -0.3 is 9.80 Å². The number of anilines is 2. The SMILES string of the molecule is CCC1CC(=CC=Cc2sc3ccc(Cl)cc3[n+]2C)C=C(C=C2Sc3ccc(Cl)cc3N2C)C1.CCN1C(=CC2=C(C)C(=CC=Cc3sc4ccc(SC)cc4[n+]3CCCNS(C)(=O)=O)CC(C)(C)C2)Sc2ccc(SC)cc21. The van der Waals surface area contributed by atoms with Crippen molar-refractivity contribution in [2.24, 2.45) is 18.4 Å². The molecule has 2 aliphatic carbocycles. The largest absolute Gasteiger partial charge is 0.338 e. The Bertz CT molecular complexity index is 3670. The quantitative estimate of drug-likeness (QED) is 0.0620. The van der Waals surface area contributed by atoms with Crippen molar-refractivity contribution in [2.75, 3.05) is 48.7 Å². The summed E-state index contributed by atoms with van der Waals surface area (Å²) < 4.78 is 32.9. The Labute approximate surface area is 504 Å². The number of fused-ring (bicyclic) bond motifs is 4. The van der Waals surface area contributed by atoms with Gasteiger partial charge in [-0.1, -0.05) is 127 Å². The molecule has 0 saturated carbocycles. The summed E-state index contributed by atoms with van der Waals surface area (Å²) in [6.07, 6.45) is 32.3. The minimum atomic E-state index is -3.20. The van der Waals surface area contributed by atoms with E-state index in [0.29, 0.717) is 12.5 Å². The number of aryl methyl sites for hydroxylation is 2. The number of hydrogen-bond donors (Lipinski definition) is 1. The predicted molar refractivity (Wildman–Crippen MR) is 349 cm³/mol. The third kappa shape index (κ3) is 14.6. The summed E-state index contributed by atoms with van der Waals surface area (Å²) in [4.78, 5) is 9.83. The van der Waals surface area contributed by atoms with Crippen LogP contribution in [-0.4, -0.2) is 47.3 Å².